The summed E-state index contributed by atoms with van der Waals surface area (Å²) in [5, 5.41) is 63.1. The molecule has 53 heavy (non-hydrogen) atoms. The number of nitro groups is 2. The fourth-order valence-electron chi connectivity index (χ4n) is 4.71. The van der Waals surface area contributed by atoms with Gasteiger partial charge in [0, 0.05) is 26.5 Å². The van der Waals surface area contributed by atoms with E-state index in [1.54, 1.807) is 13.8 Å². The van der Waals surface area contributed by atoms with E-state index in [-0.39, 0.29) is 57.9 Å². The van der Waals surface area contributed by atoms with E-state index in [9.17, 15) is 45.0 Å². The van der Waals surface area contributed by atoms with Crippen LogP contribution in [-0.4, -0.2) is 84.8 Å². The van der Waals surface area contributed by atoms with Gasteiger partial charge in [-0.2, -0.15) is 0 Å². The number of hydrogen-bond acceptors (Lipinski definition) is 20. The van der Waals surface area contributed by atoms with Crippen LogP contribution in [0.1, 0.15) is 50.0 Å². The highest BCUT2D eigenvalue weighted by Crippen LogP contribution is 2.37. The van der Waals surface area contributed by atoms with Crippen molar-refractivity contribution in [2.45, 2.75) is 38.9 Å². The maximum Gasteiger partial charge on any atom is 0.492 e. The Morgan fingerprint density at radius 1 is 0.849 bits per heavy atom. The van der Waals surface area contributed by atoms with Crippen LogP contribution in [0.25, 0.3) is 0 Å². The van der Waals surface area contributed by atoms with Gasteiger partial charge in [0.15, 0.2) is 0 Å². The van der Waals surface area contributed by atoms with Crippen LogP contribution in [0.2, 0.25) is 10.0 Å². The summed E-state index contributed by atoms with van der Waals surface area (Å²) in [7, 11) is -2.49. The first-order valence-electron chi connectivity index (χ1n) is 14.7. The molecule has 0 spiro atoms. The molecule has 4 aromatic rings. The number of carbonyl (C=O) groups excluding carboxylic acids is 2. The number of phenolic OH excluding ortho intramolecular Hbond substituents is 1. The molecule has 27 heteroatoms. The van der Waals surface area contributed by atoms with Crippen molar-refractivity contribution in [2.75, 3.05) is 13.2 Å². The standard InChI is InChI=1S/C13H11BClN3O7S.C11H12BClO5.C2BrN3O2S/c1-2-23-10(19)5-9-11-7(14(20)25-9)3-6(4-8(11)15)24-13-17-16-12(26-13)18(21)22;1-2-17-10(15)5-9-11-7(12(16)18-9)3-6(14)4-8(11)13;3-1-4-5-2(9-1)6(7)8/h3-4,9,20H,2,5H2,1H3;3-4,9,14,16H,2,5H2,1H3;. The molecule has 6 rings (SSSR count). The molecule has 2 aliphatic heterocycles. The molecule has 0 saturated heterocycles. The smallest absolute Gasteiger partial charge is 0.492 e. The van der Waals surface area contributed by atoms with Crippen LogP contribution in [0.5, 0.6) is 16.7 Å². The van der Waals surface area contributed by atoms with Gasteiger partial charge in [0.2, 0.25) is 3.92 Å². The predicted molar refractivity (Wildman–Crippen MR) is 191 cm³/mol. The van der Waals surface area contributed by atoms with Gasteiger partial charge in [-0.05, 0) is 102 Å². The average Bonchev–Trinajstić information content (AvgIpc) is 3.85. The molecule has 20 nitrogen and oxygen atoms in total. The Hall–Kier alpha value is -4.07. The van der Waals surface area contributed by atoms with Gasteiger partial charge >= 0.3 is 41.6 Å². The molecular formula is C26H23B2BrCl2N6O14S2. The van der Waals surface area contributed by atoms with Crippen molar-refractivity contribution in [3.8, 4) is 16.7 Å². The molecule has 280 valence electrons. The van der Waals surface area contributed by atoms with Crippen LogP contribution < -0.4 is 15.7 Å². The van der Waals surface area contributed by atoms with Crippen LogP contribution >= 0.6 is 61.8 Å². The number of fused-ring (bicyclic) bond motifs is 2. The van der Waals surface area contributed by atoms with Crippen molar-refractivity contribution in [3.63, 3.8) is 0 Å². The van der Waals surface area contributed by atoms with E-state index < -0.39 is 53.4 Å². The second-order valence-corrected chi connectivity index (χ2v) is 14.1. The largest absolute Gasteiger partial charge is 0.508 e. The molecule has 2 aromatic carbocycles. The number of rotatable bonds is 10. The highest BCUT2D eigenvalue weighted by atomic mass is 79.9. The van der Waals surface area contributed by atoms with E-state index in [2.05, 4.69) is 36.3 Å². The van der Waals surface area contributed by atoms with Crippen molar-refractivity contribution in [1.82, 2.24) is 20.4 Å². The lowest BCUT2D eigenvalue weighted by atomic mass is 9.79. The van der Waals surface area contributed by atoms with Gasteiger partial charge in [0.05, 0.1) is 43.4 Å². The molecule has 3 N–H and O–H groups in total. The van der Waals surface area contributed by atoms with Gasteiger partial charge in [0.1, 0.15) is 16.6 Å². The summed E-state index contributed by atoms with van der Waals surface area (Å²) in [6.45, 7) is 3.91. The van der Waals surface area contributed by atoms with Crippen LogP contribution in [0.15, 0.2) is 28.2 Å². The van der Waals surface area contributed by atoms with Crippen molar-refractivity contribution >= 4 is 109 Å². The van der Waals surface area contributed by atoms with E-state index in [1.165, 1.54) is 24.3 Å². The third-order valence-electron chi connectivity index (χ3n) is 6.66. The molecule has 0 radical (unpaired) electrons. The molecule has 0 saturated carbocycles. The summed E-state index contributed by atoms with van der Waals surface area (Å²) in [6.07, 6.45) is -1.52. The summed E-state index contributed by atoms with van der Waals surface area (Å²) in [5.74, 6) is -0.765. The number of hydrogen-bond donors (Lipinski definition) is 3. The van der Waals surface area contributed by atoms with Gasteiger partial charge in [-0.3, -0.25) is 9.59 Å². The molecule has 2 unspecified atom stereocenters. The number of aromatic hydroxyl groups is 1. The van der Waals surface area contributed by atoms with Gasteiger partial charge in [-0.25, -0.2) is 0 Å². The molecule has 0 bridgehead atoms. The highest BCUT2D eigenvalue weighted by Gasteiger charge is 2.40. The molecule has 0 aliphatic carbocycles. The van der Waals surface area contributed by atoms with Crippen molar-refractivity contribution in [1.29, 1.82) is 0 Å². The summed E-state index contributed by atoms with van der Waals surface area (Å²) in [6, 6.07) is 5.62. The average molecular weight is 880 g/mol. The van der Waals surface area contributed by atoms with Crippen molar-refractivity contribution in [2.24, 2.45) is 0 Å². The van der Waals surface area contributed by atoms with Crippen molar-refractivity contribution < 1.29 is 58.1 Å². The summed E-state index contributed by atoms with van der Waals surface area (Å²) in [4.78, 5) is 42.4. The number of carbonyl (C=O) groups is 2. The fourth-order valence-corrected chi connectivity index (χ4v) is 6.83. The molecule has 4 heterocycles. The summed E-state index contributed by atoms with van der Waals surface area (Å²) in [5.41, 5.74) is 1.70. The number of benzene rings is 2. The Morgan fingerprint density at radius 3 is 1.79 bits per heavy atom. The molecule has 0 fully saturated rings. The topological polar surface area (TPSA) is 279 Å². The Bertz CT molecular complexity index is 2000. The quantitative estimate of drug-likeness (QED) is 0.0888. The van der Waals surface area contributed by atoms with E-state index in [4.69, 9.17) is 46.7 Å². The lowest BCUT2D eigenvalue weighted by Crippen LogP contribution is -2.28. The Morgan fingerprint density at radius 2 is 1.34 bits per heavy atom. The SMILES string of the molecule is CCOC(=O)CC1OB(O)c2cc(O)cc(Cl)c21.CCOC(=O)CC1OB(O)c2cc(Oc3nnc([N+](=O)[O-])s3)cc(Cl)c21.O=[N+]([O-])c1nnc(Br)s1. The lowest BCUT2D eigenvalue weighted by molar-refractivity contribution is -0.385. The maximum absolute atomic E-state index is 11.7. The molecule has 2 aromatic heterocycles. The number of ether oxygens (including phenoxy) is 3. The van der Waals surface area contributed by atoms with Gasteiger partial charge in [-0.15, -0.1) is 0 Å². The Kier molecular flexibility index (Phi) is 14.8. The van der Waals surface area contributed by atoms with E-state index in [0.717, 1.165) is 11.3 Å². The van der Waals surface area contributed by atoms with Crippen LogP contribution in [-0.2, 0) is 28.4 Å². The summed E-state index contributed by atoms with van der Waals surface area (Å²) < 4.78 is 26.2. The first-order chi connectivity index (χ1) is 25.1. The predicted octanol–water partition coefficient (Wildman–Crippen LogP) is 3.57. The van der Waals surface area contributed by atoms with Crippen LogP contribution in [0.4, 0.5) is 10.3 Å². The molecular weight excluding hydrogens is 857 g/mol. The highest BCUT2D eigenvalue weighted by molar-refractivity contribution is 9.11. The van der Waals surface area contributed by atoms with Crippen molar-refractivity contribution in [3.05, 3.63) is 69.6 Å². The Labute approximate surface area is 324 Å². The minimum absolute atomic E-state index is 0.0254. The number of esters is 2. The number of nitrogens with zero attached hydrogens (tertiary/aromatic N) is 6. The van der Waals surface area contributed by atoms with Gasteiger partial charge < -0.3 is 58.9 Å². The minimum Gasteiger partial charge on any atom is -0.508 e. The van der Waals surface area contributed by atoms with E-state index >= 15 is 0 Å². The molecule has 0 amide bonds. The Balaban J connectivity index is 0.000000200. The zero-order chi connectivity index (χ0) is 39.0. The number of phenols is 1. The van der Waals surface area contributed by atoms with Gasteiger partial charge in [0.25, 0.3) is 0 Å². The monoisotopic (exact) mass is 878 g/mol. The zero-order valence-electron chi connectivity index (χ0n) is 26.9. The number of halogens is 3. The normalized spacial score (nSPS) is 15.3. The maximum atomic E-state index is 11.7. The lowest BCUT2D eigenvalue weighted by Gasteiger charge is -2.13. The summed E-state index contributed by atoms with van der Waals surface area (Å²) >= 11 is 16.7. The minimum atomic E-state index is -1.30. The molecule has 2 atom stereocenters. The zero-order valence-corrected chi connectivity index (χ0v) is 31.6. The van der Waals surface area contributed by atoms with E-state index in [0.29, 0.717) is 37.3 Å². The molecule has 2 aliphatic rings. The first-order valence-corrected chi connectivity index (χ1v) is 17.9. The second-order valence-electron chi connectivity index (χ2n) is 10.1. The van der Waals surface area contributed by atoms with E-state index in [1.807, 2.05) is 0 Å². The first kappa shape index (κ1) is 41.7. The third kappa shape index (κ3) is 11.0. The van der Waals surface area contributed by atoms with Gasteiger partial charge in [-0.1, -0.05) is 23.2 Å². The van der Waals surface area contributed by atoms with Crippen LogP contribution in [0.3, 0.4) is 0 Å². The van der Waals surface area contributed by atoms with Crippen LogP contribution in [0, 0.1) is 20.2 Å². The number of aromatic nitrogens is 4. The second kappa shape index (κ2) is 18.8. The third-order valence-corrected chi connectivity index (χ3v) is 9.35. The fraction of sp³-hybridized carbons (Fsp3) is 0.308.